The summed E-state index contributed by atoms with van der Waals surface area (Å²) in [5, 5.41) is 0. The molecular formula is C23H22FOS+. The van der Waals surface area contributed by atoms with E-state index in [1.807, 2.05) is 24.3 Å². The summed E-state index contributed by atoms with van der Waals surface area (Å²) in [5.41, 5.74) is -0.155. The maximum atomic E-state index is 14.4. The smallest absolute Gasteiger partial charge is 0.170 e. The number of halogens is 1. The summed E-state index contributed by atoms with van der Waals surface area (Å²) in [5.74, 6) is 0.101. The molecule has 132 valence electrons. The molecule has 0 amide bonds. The van der Waals surface area contributed by atoms with Gasteiger partial charge in [-0.25, -0.2) is 4.39 Å². The van der Waals surface area contributed by atoms with E-state index < -0.39 is 0 Å². The molecule has 1 aliphatic carbocycles. The van der Waals surface area contributed by atoms with E-state index in [1.165, 1.54) is 9.79 Å². The van der Waals surface area contributed by atoms with Crippen molar-refractivity contribution in [3.63, 3.8) is 0 Å². The van der Waals surface area contributed by atoms with Crippen molar-refractivity contribution in [1.82, 2.24) is 0 Å². The van der Waals surface area contributed by atoms with Gasteiger partial charge in [0, 0.05) is 6.07 Å². The summed E-state index contributed by atoms with van der Waals surface area (Å²) in [4.78, 5) is 3.51. The summed E-state index contributed by atoms with van der Waals surface area (Å²) in [6.07, 6.45) is 2.94. The van der Waals surface area contributed by atoms with Crippen LogP contribution in [0.4, 0.5) is 4.39 Å². The van der Waals surface area contributed by atoms with Crippen molar-refractivity contribution < 1.29 is 9.13 Å². The zero-order valence-corrected chi connectivity index (χ0v) is 15.6. The average molecular weight is 365 g/mol. The highest BCUT2D eigenvalue weighted by Crippen LogP contribution is 2.44. The number of hydrogen-bond donors (Lipinski definition) is 0. The second-order valence-corrected chi connectivity index (χ2v) is 8.69. The van der Waals surface area contributed by atoms with Gasteiger partial charge in [-0.1, -0.05) is 43.3 Å². The van der Waals surface area contributed by atoms with E-state index in [2.05, 4.69) is 55.5 Å². The zero-order chi connectivity index (χ0) is 18.0. The van der Waals surface area contributed by atoms with E-state index in [9.17, 15) is 4.39 Å². The molecule has 0 spiro atoms. The summed E-state index contributed by atoms with van der Waals surface area (Å²) in [6, 6.07) is 26.1. The maximum Gasteiger partial charge on any atom is 0.170 e. The van der Waals surface area contributed by atoms with Crippen LogP contribution in [0.1, 0.15) is 26.2 Å². The summed E-state index contributed by atoms with van der Waals surface area (Å²) in [7, 11) is -0.290. The fourth-order valence-electron chi connectivity index (χ4n) is 3.11. The highest BCUT2D eigenvalue weighted by Gasteiger charge is 2.44. The fourth-order valence-corrected chi connectivity index (χ4v) is 5.21. The van der Waals surface area contributed by atoms with Gasteiger partial charge in [0.15, 0.2) is 26.3 Å². The highest BCUT2D eigenvalue weighted by atomic mass is 32.2. The zero-order valence-electron chi connectivity index (χ0n) is 14.8. The molecule has 1 nitrogen and oxygen atoms in total. The molecule has 0 unspecified atom stereocenters. The predicted molar refractivity (Wildman–Crippen MR) is 104 cm³/mol. The number of hydrogen-bond acceptors (Lipinski definition) is 1. The van der Waals surface area contributed by atoms with Crippen LogP contribution < -0.4 is 4.74 Å². The first-order valence-electron chi connectivity index (χ1n) is 9.04. The Bertz CT molecular complexity index is 836. The van der Waals surface area contributed by atoms with Crippen molar-refractivity contribution in [1.29, 1.82) is 0 Å². The van der Waals surface area contributed by atoms with Crippen molar-refractivity contribution in [3.05, 3.63) is 84.7 Å². The van der Waals surface area contributed by atoms with Crippen molar-refractivity contribution in [2.45, 2.75) is 46.5 Å². The monoisotopic (exact) mass is 365 g/mol. The maximum absolute atomic E-state index is 14.4. The van der Waals surface area contributed by atoms with E-state index in [4.69, 9.17) is 4.74 Å². The first-order chi connectivity index (χ1) is 12.7. The van der Waals surface area contributed by atoms with Crippen molar-refractivity contribution >= 4 is 10.9 Å². The van der Waals surface area contributed by atoms with Crippen LogP contribution >= 0.6 is 0 Å². The lowest BCUT2D eigenvalue weighted by atomic mass is 10.2. The summed E-state index contributed by atoms with van der Waals surface area (Å²) >= 11 is 0. The van der Waals surface area contributed by atoms with Crippen LogP contribution in [-0.2, 0) is 10.9 Å². The van der Waals surface area contributed by atoms with Gasteiger partial charge in [-0.3, -0.25) is 0 Å². The van der Waals surface area contributed by atoms with Crippen molar-refractivity contribution in [3.8, 4) is 5.75 Å². The molecule has 0 radical (unpaired) electrons. The van der Waals surface area contributed by atoms with Gasteiger partial charge in [0.1, 0.15) is 5.60 Å². The molecule has 0 saturated heterocycles. The molecule has 1 aliphatic rings. The molecule has 3 aromatic carbocycles. The second-order valence-electron chi connectivity index (χ2n) is 6.66. The molecule has 0 N–H and O–H groups in total. The highest BCUT2D eigenvalue weighted by molar-refractivity contribution is 7.97. The average Bonchev–Trinajstić information content (AvgIpc) is 3.46. The molecule has 1 fully saturated rings. The third kappa shape index (κ3) is 3.49. The lowest BCUT2D eigenvalue weighted by molar-refractivity contribution is 0.166. The third-order valence-corrected chi connectivity index (χ3v) is 7.09. The first kappa shape index (κ1) is 17.2. The number of rotatable bonds is 6. The van der Waals surface area contributed by atoms with E-state index in [0.717, 1.165) is 24.2 Å². The van der Waals surface area contributed by atoms with Gasteiger partial charge in [0.2, 0.25) is 0 Å². The molecule has 3 aromatic rings. The lowest BCUT2D eigenvalue weighted by Crippen LogP contribution is -2.17. The Kier molecular flexibility index (Phi) is 4.73. The van der Waals surface area contributed by atoms with Gasteiger partial charge in [0.25, 0.3) is 0 Å². The molecule has 1 saturated carbocycles. The Morgan fingerprint density at radius 3 is 1.92 bits per heavy atom. The fraction of sp³-hybridized carbons (Fsp3) is 0.217. The molecule has 0 atom stereocenters. The summed E-state index contributed by atoms with van der Waals surface area (Å²) in [6.45, 7) is 2.10. The molecular weight excluding hydrogens is 343 g/mol. The third-order valence-electron chi connectivity index (χ3n) is 4.87. The molecule has 3 heteroatoms. The van der Waals surface area contributed by atoms with Gasteiger partial charge in [-0.2, -0.15) is 0 Å². The van der Waals surface area contributed by atoms with E-state index >= 15 is 0 Å². The topological polar surface area (TPSA) is 9.23 Å². The lowest BCUT2D eigenvalue weighted by Gasteiger charge is -2.17. The first-order valence-corrected chi connectivity index (χ1v) is 10.3. The van der Waals surface area contributed by atoms with Crippen LogP contribution in [0, 0.1) is 5.82 Å². The largest absolute Gasteiger partial charge is 0.484 e. The van der Waals surface area contributed by atoms with Gasteiger partial charge in [-0.15, -0.1) is 0 Å². The normalized spacial score (nSPS) is 15.0. The molecule has 0 aliphatic heterocycles. The Balaban J connectivity index is 1.77. The Morgan fingerprint density at radius 2 is 1.42 bits per heavy atom. The summed E-state index contributed by atoms with van der Waals surface area (Å²) < 4.78 is 20.5. The van der Waals surface area contributed by atoms with Crippen LogP contribution in [0.15, 0.2) is 93.5 Å². The van der Waals surface area contributed by atoms with Crippen molar-refractivity contribution in [2.24, 2.45) is 0 Å². The minimum absolute atomic E-state index is 0.155. The molecule has 0 aromatic heterocycles. The van der Waals surface area contributed by atoms with Crippen LogP contribution in [0.5, 0.6) is 5.75 Å². The predicted octanol–water partition coefficient (Wildman–Crippen LogP) is 6.24. The Morgan fingerprint density at radius 1 is 0.846 bits per heavy atom. The molecule has 26 heavy (non-hydrogen) atoms. The van der Waals surface area contributed by atoms with Crippen LogP contribution in [0.3, 0.4) is 0 Å². The number of benzene rings is 3. The van der Waals surface area contributed by atoms with E-state index in [-0.39, 0.29) is 22.3 Å². The molecule has 0 bridgehead atoms. The van der Waals surface area contributed by atoms with Crippen LogP contribution in [0.2, 0.25) is 0 Å². The van der Waals surface area contributed by atoms with Crippen molar-refractivity contribution in [2.75, 3.05) is 0 Å². The van der Waals surface area contributed by atoms with E-state index in [0.29, 0.717) is 5.75 Å². The molecule has 0 heterocycles. The minimum Gasteiger partial charge on any atom is -0.484 e. The van der Waals surface area contributed by atoms with Crippen LogP contribution in [-0.4, -0.2) is 5.60 Å². The number of ether oxygens (including phenoxy) is 1. The van der Waals surface area contributed by atoms with Crippen LogP contribution in [0.25, 0.3) is 0 Å². The van der Waals surface area contributed by atoms with E-state index in [1.54, 1.807) is 6.07 Å². The quantitative estimate of drug-likeness (QED) is 0.470. The Hall–Kier alpha value is -2.26. The minimum atomic E-state index is -0.290. The van der Waals surface area contributed by atoms with Gasteiger partial charge in [0.05, 0.1) is 10.9 Å². The Labute approximate surface area is 157 Å². The van der Waals surface area contributed by atoms with Gasteiger partial charge in [-0.05, 0) is 55.7 Å². The van der Waals surface area contributed by atoms with Gasteiger partial charge >= 0.3 is 0 Å². The standard InChI is InChI=1S/C23H22FOS/c1-2-23(15-16-23)25-22-17-20(13-14-21(22)24)26(18-9-5-3-6-10-18)19-11-7-4-8-12-19/h3-14,17H,2,15-16H2,1H3/q+1. The SMILES string of the molecule is CCC1(Oc2cc([S+](c3ccccc3)c3ccccc3)ccc2F)CC1. The second kappa shape index (κ2) is 7.16. The molecule has 4 rings (SSSR count). The van der Waals surface area contributed by atoms with Gasteiger partial charge < -0.3 is 4.74 Å².